The van der Waals surface area contributed by atoms with E-state index in [2.05, 4.69) is 10.1 Å². The molecule has 0 saturated carbocycles. The third-order valence-electron chi connectivity index (χ3n) is 5.93. The van der Waals surface area contributed by atoms with Gasteiger partial charge in [-0.3, -0.25) is 9.59 Å². The number of hydrogen-bond acceptors (Lipinski definition) is 6. The number of amides is 2. The topological polar surface area (TPSA) is 88.8 Å². The molecule has 2 amide bonds. The molecule has 1 aromatic rings. The highest BCUT2D eigenvalue weighted by Crippen LogP contribution is 2.53. The normalized spacial score (nSPS) is 31.2. The molecule has 0 aliphatic carbocycles. The first-order chi connectivity index (χ1) is 13.0. The van der Waals surface area contributed by atoms with Crippen LogP contribution in [0.5, 0.6) is 0 Å². The molecule has 4 heterocycles. The third-order valence-corrected chi connectivity index (χ3v) is 5.93. The van der Waals surface area contributed by atoms with Crippen molar-refractivity contribution in [1.29, 1.82) is 0 Å². The number of carbonyl (C=O) groups excluding carboxylic acids is 2. The zero-order valence-electron chi connectivity index (χ0n) is 17.3. The molecule has 28 heavy (non-hydrogen) atoms. The van der Waals surface area contributed by atoms with E-state index in [4.69, 9.17) is 9.26 Å². The van der Waals surface area contributed by atoms with Gasteiger partial charge in [0.05, 0.1) is 31.0 Å². The van der Waals surface area contributed by atoms with Gasteiger partial charge in [-0.2, -0.15) is 4.98 Å². The Bertz CT molecular complexity index is 840. The van der Waals surface area contributed by atoms with Gasteiger partial charge in [-0.1, -0.05) is 31.2 Å². The van der Waals surface area contributed by atoms with Gasteiger partial charge >= 0.3 is 0 Å². The van der Waals surface area contributed by atoms with Gasteiger partial charge in [0.25, 0.3) is 0 Å². The highest BCUT2D eigenvalue weighted by atomic mass is 16.5. The first kappa shape index (κ1) is 19.1. The summed E-state index contributed by atoms with van der Waals surface area (Å²) in [5.41, 5.74) is -1.00. The van der Waals surface area contributed by atoms with Crippen molar-refractivity contribution >= 4 is 11.8 Å². The van der Waals surface area contributed by atoms with Gasteiger partial charge in [-0.05, 0) is 20.8 Å². The van der Waals surface area contributed by atoms with Crippen LogP contribution in [-0.2, 0) is 20.9 Å². The number of aromatic nitrogens is 2. The van der Waals surface area contributed by atoms with Crippen molar-refractivity contribution in [2.45, 2.75) is 64.3 Å². The first-order valence-electron chi connectivity index (χ1n) is 9.79. The molecular formula is C20H28N4O4. The van der Waals surface area contributed by atoms with Gasteiger partial charge in [0, 0.05) is 18.5 Å². The fourth-order valence-electron chi connectivity index (χ4n) is 4.46. The molecule has 3 aliphatic rings. The fraction of sp³-hybridized carbons (Fsp3) is 0.700. The van der Waals surface area contributed by atoms with Crippen LogP contribution in [0.3, 0.4) is 0 Å². The standard InChI is InChI=1S/C20H28N4O4/c1-11(2)16-21-13(22-28-16)9-23(6)17(25)14-12-7-8-20(27-12)10-24(19(3,4)5)18(26)15(14)20/h7-8,11-12,14-15H,9-10H2,1-6H3/t12-,14-,15+,20-/m0/s1. The highest BCUT2D eigenvalue weighted by molar-refractivity contribution is 5.93. The van der Waals surface area contributed by atoms with E-state index in [1.165, 1.54) is 0 Å². The van der Waals surface area contributed by atoms with Crippen LogP contribution < -0.4 is 0 Å². The van der Waals surface area contributed by atoms with E-state index < -0.39 is 17.4 Å². The summed E-state index contributed by atoms with van der Waals surface area (Å²) < 4.78 is 11.4. The van der Waals surface area contributed by atoms with Crippen molar-refractivity contribution < 1.29 is 18.8 Å². The van der Waals surface area contributed by atoms with Crippen LogP contribution in [0.1, 0.15) is 52.3 Å². The van der Waals surface area contributed by atoms with Gasteiger partial charge in [-0.25, -0.2) is 0 Å². The SMILES string of the molecule is CC(C)c1nc(CN(C)C(=O)[C@H]2[C@@H]3C=C[C@@]4(CN(C(C)(C)C)C(=O)[C@@H]24)O3)no1. The zero-order chi connectivity index (χ0) is 20.4. The molecule has 3 aliphatic heterocycles. The lowest BCUT2D eigenvalue weighted by Crippen LogP contribution is -2.47. The van der Waals surface area contributed by atoms with Crippen molar-refractivity contribution in [2.75, 3.05) is 13.6 Å². The molecule has 4 atom stereocenters. The van der Waals surface area contributed by atoms with Gasteiger partial charge in [0.2, 0.25) is 17.7 Å². The number of ether oxygens (including phenoxy) is 1. The maximum atomic E-state index is 13.3. The summed E-state index contributed by atoms with van der Waals surface area (Å²) in [6.45, 7) is 10.7. The Hall–Kier alpha value is -2.22. The summed E-state index contributed by atoms with van der Waals surface area (Å²) in [6, 6.07) is 0. The van der Waals surface area contributed by atoms with Gasteiger partial charge in [0.15, 0.2) is 5.82 Å². The number of rotatable bonds is 4. The van der Waals surface area contributed by atoms with E-state index in [1.54, 1.807) is 11.9 Å². The minimum Gasteiger partial charge on any atom is -0.360 e. The lowest BCUT2D eigenvalue weighted by molar-refractivity contribution is -0.144. The molecule has 0 unspecified atom stereocenters. The van der Waals surface area contributed by atoms with Crippen LogP contribution in [0.4, 0.5) is 0 Å². The molecule has 0 aromatic carbocycles. The summed E-state index contributed by atoms with van der Waals surface area (Å²) in [5.74, 6) is 0.00918. The maximum Gasteiger partial charge on any atom is 0.230 e. The Morgan fingerprint density at radius 2 is 2.14 bits per heavy atom. The summed E-state index contributed by atoms with van der Waals surface area (Å²) in [5, 5.41) is 3.96. The predicted molar refractivity (Wildman–Crippen MR) is 100 cm³/mol. The zero-order valence-corrected chi connectivity index (χ0v) is 17.3. The quantitative estimate of drug-likeness (QED) is 0.730. The van der Waals surface area contributed by atoms with E-state index in [0.717, 1.165) is 0 Å². The van der Waals surface area contributed by atoms with Crippen molar-refractivity contribution in [3.63, 3.8) is 0 Å². The number of hydrogen-bond donors (Lipinski definition) is 0. The monoisotopic (exact) mass is 388 g/mol. The van der Waals surface area contributed by atoms with E-state index in [0.29, 0.717) is 18.3 Å². The predicted octanol–water partition coefficient (Wildman–Crippen LogP) is 1.73. The Labute approximate surface area is 164 Å². The molecule has 2 saturated heterocycles. The van der Waals surface area contributed by atoms with E-state index in [1.807, 2.05) is 51.7 Å². The van der Waals surface area contributed by atoms with E-state index in [-0.39, 0.29) is 35.9 Å². The van der Waals surface area contributed by atoms with E-state index >= 15 is 0 Å². The van der Waals surface area contributed by atoms with Crippen LogP contribution in [0.25, 0.3) is 0 Å². The Morgan fingerprint density at radius 1 is 1.43 bits per heavy atom. The smallest absolute Gasteiger partial charge is 0.230 e. The Balaban J connectivity index is 1.54. The van der Waals surface area contributed by atoms with Crippen molar-refractivity contribution in [1.82, 2.24) is 19.9 Å². The lowest BCUT2D eigenvalue weighted by Gasteiger charge is -2.34. The van der Waals surface area contributed by atoms with Crippen LogP contribution in [-0.4, -0.2) is 62.6 Å². The number of nitrogens with zero attached hydrogens (tertiary/aromatic N) is 4. The van der Waals surface area contributed by atoms with E-state index in [9.17, 15) is 9.59 Å². The van der Waals surface area contributed by atoms with Crippen molar-refractivity contribution in [3.05, 3.63) is 23.9 Å². The van der Waals surface area contributed by atoms with Gasteiger partial charge in [-0.15, -0.1) is 0 Å². The fourth-order valence-corrected chi connectivity index (χ4v) is 4.46. The molecule has 0 radical (unpaired) electrons. The summed E-state index contributed by atoms with van der Waals surface area (Å²) >= 11 is 0. The molecule has 8 nitrogen and oxygen atoms in total. The van der Waals surface area contributed by atoms with Crippen LogP contribution >= 0.6 is 0 Å². The Kier molecular flexibility index (Phi) is 4.19. The van der Waals surface area contributed by atoms with Crippen molar-refractivity contribution in [2.24, 2.45) is 11.8 Å². The molecule has 1 spiro atoms. The molecule has 1 aromatic heterocycles. The summed E-state index contributed by atoms with van der Waals surface area (Å²) in [6.07, 6.45) is 3.55. The molecule has 0 N–H and O–H groups in total. The maximum absolute atomic E-state index is 13.3. The Morgan fingerprint density at radius 3 is 2.75 bits per heavy atom. The van der Waals surface area contributed by atoms with Crippen LogP contribution in [0.15, 0.2) is 16.7 Å². The largest absolute Gasteiger partial charge is 0.360 e. The second-order valence-electron chi connectivity index (χ2n) is 9.39. The molecule has 4 rings (SSSR count). The second kappa shape index (κ2) is 6.14. The van der Waals surface area contributed by atoms with Crippen LogP contribution in [0.2, 0.25) is 0 Å². The number of likely N-dealkylation sites (tertiary alicyclic amines) is 1. The number of carbonyl (C=O) groups is 2. The minimum atomic E-state index is -0.687. The summed E-state index contributed by atoms with van der Waals surface area (Å²) in [4.78, 5) is 34.2. The lowest BCUT2D eigenvalue weighted by atomic mass is 9.76. The van der Waals surface area contributed by atoms with Crippen LogP contribution in [0, 0.1) is 11.8 Å². The average Bonchev–Trinajstić information content (AvgIpc) is 3.34. The molecule has 152 valence electrons. The first-order valence-corrected chi connectivity index (χ1v) is 9.79. The second-order valence-corrected chi connectivity index (χ2v) is 9.39. The van der Waals surface area contributed by atoms with Gasteiger partial charge in [0.1, 0.15) is 5.60 Å². The average molecular weight is 388 g/mol. The van der Waals surface area contributed by atoms with Crippen molar-refractivity contribution in [3.8, 4) is 0 Å². The minimum absolute atomic E-state index is 0.00671. The molecule has 2 bridgehead atoms. The van der Waals surface area contributed by atoms with Gasteiger partial charge < -0.3 is 19.1 Å². The number of fused-ring (bicyclic) bond motifs is 1. The molecule has 2 fully saturated rings. The molecule has 8 heteroatoms. The molecular weight excluding hydrogens is 360 g/mol. The third kappa shape index (κ3) is 2.77. The highest BCUT2D eigenvalue weighted by Gasteiger charge is 2.68. The summed E-state index contributed by atoms with van der Waals surface area (Å²) in [7, 11) is 1.71.